The standard InChI is InChI=1S/C15H22O/c1-9-5-6-12-10(2)11-7-15(9,12)8-14(3,4)13(11)16/h9,11H,5-8H2,1-4H3/t9?,11-,15-/m1/s1. The van der Waals surface area contributed by atoms with E-state index in [9.17, 15) is 4.79 Å². The van der Waals surface area contributed by atoms with Crippen LogP contribution in [0.4, 0.5) is 0 Å². The van der Waals surface area contributed by atoms with Gasteiger partial charge in [0.15, 0.2) is 0 Å². The van der Waals surface area contributed by atoms with E-state index in [0.717, 1.165) is 18.8 Å². The summed E-state index contributed by atoms with van der Waals surface area (Å²) in [6.45, 7) is 8.93. The number of allylic oxidation sites excluding steroid dienone is 2. The molecule has 16 heavy (non-hydrogen) atoms. The van der Waals surface area contributed by atoms with Gasteiger partial charge >= 0.3 is 0 Å². The van der Waals surface area contributed by atoms with Crippen LogP contribution in [0, 0.1) is 22.7 Å². The zero-order valence-corrected chi connectivity index (χ0v) is 10.9. The van der Waals surface area contributed by atoms with E-state index in [0.29, 0.717) is 11.2 Å². The van der Waals surface area contributed by atoms with E-state index >= 15 is 0 Å². The van der Waals surface area contributed by atoms with Crippen molar-refractivity contribution in [2.75, 3.05) is 0 Å². The maximum Gasteiger partial charge on any atom is 0.145 e. The largest absolute Gasteiger partial charge is 0.298 e. The Morgan fingerprint density at radius 2 is 2.00 bits per heavy atom. The maximum atomic E-state index is 12.4. The van der Waals surface area contributed by atoms with E-state index in [1.807, 2.05) is 0 Å². The lowest BCUT2D eigenvalue weighted by atomic mass is 9.59. The first-order valence-electron chi connectivity index (χ1n) is 6.63. The Bertz CT molecular complexity index is 402. The lowest BCUT2D eigenvalue weighted by Crippen LogP contribution is -2.43. The number of fused-ring (bicyclic) bond motifs is 1. The van der Waals surface area contributed by atoms with Gasteiger partial charge in [-0.25, -0.2) is 0 Å². The number of Topliss-reactive ketones (excluding diaryl/α,β-unsaturated/α-hetero) is 1. The zero-order valence-electron chi connectivity index (χ0n) is 10.9. The van der Waals surface area contributed by atoms with Crippen molar-refractivity contribution in [3.05, 3.63) is 11.1 Å². The molecule has 1 nitrogen and oxygen atoms in total. The summed E-state index contributed by atoms with van der Waals surface area (Å²) in [6, 6.07) is 0. The Morgan fingerprint density at radius 1 is 1.31 bits per heavy atom. The minimum atomic E-state index is -0.0927. The molecule has 88 valence electrons. The summed E-state index contributed by atoms with van der Waals surface area (Å²) in [6.07, 6.45) is 4.83. The Labute approximate surface area is 98.3 Å². The van der Waals surface area contributed by atoms with Gasteiger partial charge in [-0.15, -0.1) is 0 Å². The number of hydrogen-bond donors (Lipinski definition) is 0. The molecule has 1 heteroatoms. The van der Waals surface area contributed by atoms with Crippen molar-refractivity contribution >= 4 is 5.78 Å². The molecule has 0 saturated heterocycles. The fourth-order valence-corrected chi connectivity index (χ4v) is 4.82. The van der Waals surface area contributed by atoms with Gasteiger partial charge in [0, 0.05) is 11.3 Å². The topological polar surface area (TPSA) is 17.1 Å². The van der Waals surface area contributed by atoms with Gasteiger partial charge in [-0.1, -0.05) is 31.9 Å². The number of hydrogen-bond acceptors (Lipinski definition) is 1. The van der Waals surface area contributed by atoms with Crippen molar-refractivity contribution in [3.8, 4) is 0 Å². The van der Waals surface area contributed by atoms with Crippen LogP contribution in [0.3, 0.4) is 0 Å². The molecule has 0 heterocycles. The zero-order chi connectivity index (χ0) is 11.7. The lowest BCUT2D eigenvalue weighted by Gasteiger charge is -2.44. The molecule has 0 N–H and O–H groups in total. The molecule has 0 aliphatic heterocycles. The van der Waals surface area contributed by atoms with Gasteiger partial charge in [-0.3, -0.25) is 4.79 Å². The molecule has 0 amide bonds. The molecule has 3 aliphatic rings. The molecular weight excluding hydrogens is 196 g/mol. The first kappa shape index (κ1) is 10.6. The first-order valence-corrected chi connectivity index (χ1v) is 6.63. The molecule has 1 unspecified atom stereocenters. The maximum absolute atomic E-state index is 12.4. The molecule has 3 rings (SSSR count). The van der Waals surface area contributed by atoms with Crippen molar-refractivity contribution in [1.29, 1.82) is 0 Å². The minimum Gasteiger partial charge on any atom is -0.298 e. The van der Waals surface area contributed by atoms with E-state index in [-0.39, 0.29) is 11.3 Å². The van der Waals surface area contributed by atoms with E-state index in [4.69, 9.17) is 0 Å². The minimum absolute atomic E-state index is 0.0927. The molecule has 2 fully saturated rings. The van der Waals surface area contributed by atoms with Gasteiger partial charge in [0.05, 0.1) is 0 Å². The summed E-state index contributed by atoms with van der Waals surface area (Å²) in [5.41, 5.74) is 3.43. The first-order chi connectivity index (χ1) is 7.38. The summed E-state index contributed by atoms with van der Waals surface area (Å²) in [5, 5.41) is 0. The van der Waals surface area contributed by atoms with Crippen LogP contribution in [0.15, 0.2) is 11.1 Å². The molecule has 0 aromatic rings. The summed E-state index contributed by atoms with van der Waals surface area (Å²) in [5.74, 6) is 1.56. The molecule has 0 radical (unpaired) electrons. The third-order valence-corrected chi connectivity index (χ3v) is 5.68. The van der Waals surface area contributed by atoms with E-state index in [1.165, 1.54) is 18.4 Å². The molecule has 1 spiro atoms. The number of carbonyl (C=O) groups is 1. The molecule has 0 aromatic heterocycles. The van der Waals surface area contributed by atoms with Crippen LogP contribution in [0.25, 0.3) is 0 Å². The highest BCUT2D eigenvalue weighted by Gasteiger charge is 2.60. The van der Waals surface area contributed by atoms with Crippen LogP contribution in [-0.2, 0) is 4.79 Å². The summed E-state index contributed by atoms with van der Waals surface area (Å²) in [7, 11) is 0. The summed E-state index contributed by atoms with van der Waals surface area (Å²) in [4.78, 5) is 12.4. The highest BCUT2D eigenvalue weighted by molar-refractivity contribution is 5.91. The van der Waals surface area contributed by atoms with Gasteiger partial charge < -0.3 is 0 Å². The van der Waals surface area contributed by atoms with Crippen LogP contribution >= 0.6 is 0 Å². The Morgan fingerprint density at radius 3 is 2.69 bits per heavy atom. The highest BCUT2D eigenvalue weighted by Crippen LogP contribution is 2.66. The van der Waals surface area contributed by atoms with Crippen molar-refractivity contribution in [2.45, 2.75) is 53.4 Å². The SMILES string of the molecule is CC1=C2CCC(C)[C@]23C[C@H]1C(=O)C(C)(C)C3. The molecule has 3 atom stereocenters. The van der Waals surface area contributed by atoms with Crippen LogP contribution in [0.5, 0.6) is 0 Å². The highest BCUT2D eigenvalue weighted by atomic mass is 16.1. The quantitative estimate of drug-likeness (QED) is 0.566. The number of ketones is 1. The van der Waals surface area contributed by atoms with Crippen molar-refractivity contribution in [2.24, 2.45) is 22.7 Å². The van der Waals surface area contributed by atoms with Gasteiger partial charge in [-0.2, -0.15) is 0 Å². The van der Waals surface area contributed by atoms with Crippen molar-refractivity contribution in [3.63, 3.8) is 0 Å². The predicted octanol–water partition coefficient (Wildman–Crippen LogP) is 3.74. The second-order valence-corrected chi connectivity index (χ2v) is 6.94. The van der Waals surface area contributed by atoms with E-state index < -0.39 is 0 Å². The Kier molecular flexibility index (Phi) is 1.85. The summed E-state index contributed by atoms with van der Waals surface area (Å²) >= 11 is 0. The second kappa shape index (κ2) is 2.80. The van der Waals surface area contributed by atoms with Gasteiger partial charge in [0.1, 0.15) is 5.78 Å². The number of rotatable bonds is 0. The third-order valence-electron chi connectivity index (χ3n) is 5.68. The molecule has 0 aromatic carbocycles. The van der Waals surface area contributed by atoms with Crippen LogP contribution in [0.1, 0.15) is 53.4 Å². The Balaban J connectivity index is 2.15. The molecule has 2 bridgehead atoms. The molecular formula is C15H22O. The normalized spacial score (nSPS) is 45.1. The van der Waals surface area contributed by atoms with Crippen LogP contribution in [-0.4, -0.2) is 5.78 Å². The Hall–Kier alpha value is -0.590. The fourth-order valence-electron chi connectivity index (χ4n) is 4.82. The van der Waals surface area contributed by atoms with Gasteiger partial charge in [-0.05, 0) is 43.9 Å². The number of carbonyl (C=O) groups excluding carboxylic acids is 1. The van der Waals surface area contributed by atoms with E-state index in [1.54, 1.807) is 5.57 Å². The molecule has 3 aliphatic carbocycles. The predicted molar refractivity (Wildman–Crippen MR) is 65.0 cm³/mol. The van der Waals surface area contributed by atoms with E-state index in [2.05, 4.69) is 27.7 Å². The monoisotopic (exact) mass is 218 g/mol. The average molecular weight is 218 g/mol. The van der Waals surface area contributed by atoms with Gasteiger partial charge in [0.25, 0.3) is 0 Å². The van der Waals surface area contributed by atoms with Crippen LogP contribution < -0.4 is 0 Å². The summed E-state index contributed by atoms with van der Waals surface area (Å²) < 4.78 is 0. The lowest BCUT2D eigenvalue weighted by molar-refractivity contribution is -0.136. The van der Waals surface area contributed by atoms with Crippen molar-refractivity contribution < 1.29 is 4.79 Å². The smallest absolute Gasteiger partial charge is 0.145 e. The fraction of sp³-hybridized carbons (Fsp3) is 0.800. The third kappa shape index (κ3) is 1.00. The van der Waals surface area contributed by atoms with Gasteiger partial charge in [0.2, 0.25) is 0 Å². The average Bonchev–Trinajstić information content (AvgIpc) is 2.61. The van der Waals surface area contributed by atoms with Crippen molar-refractivity contribution in [1.82, 2.24) is 0 Å². The van der Waals surface area contributed by atoms with Crippen LogP contribution in [0.2, 0.25) is 0 Å². The molecule has 2 saturated carbocycles. The second-order valence-electron chi connectivity index (χ2n) is 6.94.